The summed E-state index contributed by atoms with van der Waals surface area (Å²) in [5.41, 5.74) is 8.07. The summed E-state index contributed by atoms with van der Waals surface area (Å²) in [6.07, 6.45) is 0. The van der Waals surface area contributed by atoms with Crippen LogP contribution in [0.15, 0.2) is 206 Å². The summed E-state index contributed by atoms with van der Waals surface area (Å²) in [5, 5.41) is 11.9. The molecule has 16 rings (SSSR count). The highest BCUT2D eigenvalue weighted by atomic mass is 32.1. The van der Waals surface area contributed by atoms with E-state index in [1.165, 1.54) is 60.5 Å². The Labute approximate surface area is 416 Å². The molecule has 0 saturated carbocycles. The second-order valence-electron chi connectivity index (χ2n) is 18.2. The van der Waals surface area contributed by atoms with Crippen LogP contribution in [0.2, 0.25) is 0 Å². The minimum absolute atomic E-state index is 0.556. The van der Waals surface area contributed by atoms with Gasteiger partial charge >= 0.3 is 0 Å². The molecule has 0 aliphatic rings. The molecule has 0 aliphatic heterocycles. The fourth-order valence-electron chi connectivity index (χ4n) is 11.0. The molecule has 16 aromatic rings. The van der Waals surface area contributed by atoms with E-state index in [1.54, 1.807) is 0 Å². The predicted octanol–water partition coefficient (Wildman–Crippen LogP) is 17.6. The van der Waals surface area contributed by atoms with Crippen molar-refractivity contribution in [3.05, 3.63) is 206 Å². The third kappa shape index (κ3) is 5.85. The summed E-state index contributed by atoms with van der Waals surface area (Å²) in [6.45, 7) is 0. The van der Waals surface area contributed by atoms with Crippen LogP contribution in [0, 0.1) is 0 Å². The molecule has 71 heavy (non-hydrogen) atoms. The van der Waals surface area contributed by atoms with Gasteiger partial charge in [-0.3, -0.25) is 9.13 Å². The number of nitrogens with zero attached hydrogens (tertiary/aromatic N) is 6. The normalized spacial score (nSPS) is 12.2. The summed E-state index contributed by atoms with van der Waals surface area (Å²) in [4.78, 5) is 21.8. The average molecular weight is 959 g/mol. The molecular weight excluding hydrogens is 925 g/mol. The van der Waals surface area contributed by atoms with Crippen molar-refractivity contribution in [2.24, 2.45) is 0 Å². The number of benzene rings is 9. The number of aromatic nitrogens is 6. The van der Waals surface area contributed by atoms with E-state index in [-0.39, 0.29) is 0 Å². The second-order valence-corrected chi connectivity index (χ2v) is 21.4. The molecule has 0 amide bonds. The topological polar surface area (TPSA) is 61.4 Å². The van der Waals surface area contributed by atoms with Gasteiger partial charge in [-0.25, -0.2) is 9.97 Å². The molecule has 0 bridgehead atoms. The maximum Gasteiger partial charge on any atom is 0.238 e. The van der Waals surface area contributed by atoms with Gasteiger partial charge in [-0.1, -0.05) is 109 Å². The fraction of sp³-hybridized carbons (Fsp3) is 0. The van der Waals surface area contributed by atoms with Crippen molar-refractivity contribution in [3.8, 4) is 45.8 Å². The lowest BCUT2D eigenvalue weighted by atomic mass is 10.1. The van der Waals surface area contributed by atoms with Crippen LogP contribution in [-0.4, -0.2) is 29.1 Å². The smallest absolute Gasteiger partial charge is 0.238 e. The molecule has 0 unspecified atom stereocenters. The SMILES string of the molecule is c1cc(-c2ccc3sc4ccccc4c3c2)nc(-n2c3ccccc3c3ccc4c(c5ccccc5n4-c4nc(-c5ccc6sc7ccccc7c6c5)nc(-c5ccc6sc7ccccc7c6c5)n4)c32)c1. The number of pyridine rings is 1. The van der Waals surface area contributed by atoms with E-state index >= 15 is 0 Å². The molecular formula is C62H34N6S3. The van der Waals surface area contributed by atoms with Crippen LogP contribution >= 0.6 is 34.0 Å². The quantitative estimate of drug-likeness (QED) is 0.172. The van der Waals surface area contributed by atoms with Crippen LogP contribution in [0.25, 0.3) is 150 Å². The van der Waals surface area contributed by atoms with E-state index in [0.29, 0.717) is 17.6 Å². The Bertz CT molecular complexity index is 4780. The highest BCUT2D eigenvalue weighted by Gasteiger charge is 2.24. The maximum atomic E-state index is 5.50. The van der Waals surface area contributed by atoms with Crippen molar-refractivity contribution in [1.82, 2.24) is 29.1 Å². The molecule has 0 aliphatic carbocycles. The Morgan fingerprint density at radius 2 is 0.775 bits per heavy atom. The molecule has 7 aromatic heterocycles. The highest BCUT2D eigenvalue weighted by molar-refractivity contribution is 7.26. The van der Waals surface area contributed by atoms with Crippen molar-refractivity contribution in [3.63, 3.8) is 0 Å². The molecule has 0 spiro atoms. The Balaban J connectivity index is 0.949. The largest absolute Gasteiger partial charge is 0.293 e. The van der Waals surface area contributed by atoms with Gasteiger partial charge in [0.05, 0.1) is 27.8 Å². The van der Waals surface area contributed by atoms with E-state index in [9.17, 15) is 0 Å². The van der Waals surface area contributed by atoms with Gasteiger partial charge in [0.15, 0.2) is 11.6 Å². The predicted molar refractivity (Wildman–Crippen MR) is 301 cm³/mol. The Hall–Kier alpha value is -8.60. The molecule has 6 nitrogen and oxygen atoms in total. The molecule has 9 aromatic carbocycles. The standard InChI is InChI=1S/C62H34N6S3/c1-6-18-48-38(12-1)42-27-28-50-58(59(42)68(48)57-23-11-17-47(63-57)35-24-29-54-44(32-35)39-13-3-8-20-51(39)69-54)43-16-2-7-19-49(43)67(50)62-65-60(36-25-30-55-45(33-36)40-14-4-9-21-52(40)70-55)64-61(66-62)37-26-31-56-46(34-37)41-15-5-10-22-53(41)71-56/h1-34H. The van der Waals surface area contributed by atoms with Crippen LogP contribution in [0.3, 0.4) is 0 Å². The highest BCUT2D eigenvalue weighted by Crippen LogP contribution is 2.44. The number of fused-ring (bicyclic) bond motifs is 16. The lowest BCUT2D eigenvalue weighted by Crippen LogP contribution is -2.06. The summed E-state index contributed by atoms with van der Waals surface area (Å²) in [5.74, 6) is 2.65. The second kappa shape index (κ2) is 15.0. The lowest BCUT2D eigenvalue weighted by Gasteiger charge is -2.12. The summed E-state index contributed by atoms with van der Waals surface area (Å²) >= 11 is 5.46. The molecule has 9 heteroatoms. The first-order valence-electron chi connectivity index (χ1n) is 23.6. The van der Waals surface area contributed by atoms with Gasteiger partial charge in [0.25, 0.3) is 0 Å². The minimum atomic E-state index is 0.556. The molecule has 0 radical (unpaired) electrons. The van der Waals surface area contributed by atoms with E-state index in [1.807, 2.05) is 34.0 Å². The molecule has 330 valence electrons. The van der Waals surface area contributed by atoms with Gasteiger partial charge in [0, 0.05) is 98.8 Å². The van der Waals surface area contributed by atoms with Crippen molar-refractivity contribution in [2.45, 2.75) is 0 Å². The van der Waals surface area contributed by atoms with Gasteiger partial charge in [-0.2, -0.15) is 9.97 Å². The van der Waals surface area contributed by atoms with Gasteiger partial charge < -0.3 is 0 Å². The van der Waals surface area contributed by atoms with E-state index in [0.717, 1.165) is 71.8 Å². The third-order valence-corrected chi connectivity index (χ3v) is 17.7. The first-order chi connectivity index (χ1) is 35.2. The van der Waals surface area contributed by atoms with E-state index < -0.39 is 0 Å². The number of hydrogen-bond acceptors (Lipinski definition) is 7. The first-order valence-corrected chi connectivity index (χ1v) is 26.1. The molecule has 0 atom stereocenters. The number of rotatable bonds is 5. The van der Waals surface area contributed by atoms with Crippen LogP contribution < -0.4 is 0 Å². The minimum Gasteiger partial charge on any atom is -0.293 e. The number of thiophene rings is 3. The Morgan fingerprint density at radius 1 is 0.296 bits per heavy atom. The Morgan fingerprint density at radius 3 is 1.37 bits per heavy atom. The van der Waals surface area contributed by atoms with Crippen molar-refractivity contribution in [2.75, 3.05) is 0 Å². The monoisotopic (exact) mass is 958 g/mol. The number of hydrogen-bond donors (Lipinski definition) is 0. The van der Waals surface area contributed by atoms with Gasteiger partial charge in [-0.05, 0) is 97.1 Å². The maximum absolute atomic E-state index is 5.50. The van der Waals surface area contributed by atoms with Gasteiger partial charge in [0.2, 0.25) is 5.95 Å². The third-order valence-electron chi connectivity index (χ3n) is 14.2. The summed E-state index contributed by atoms with van der Waals surface area (Å²) < 4.78 is 12.2. The summed E-state index contributed by atoms with van der Waals surface area (Å²) in [6, 6.07) is 74.2. The van der Waals surface area contributed by atoms with E-state index in [2.05, 4.69) is 215 Å². The molecule has 0 saturated heterocycles. The van der Waals surface area contributed by atoms with Crippen molar-refractivity contribution < 1.29 is 0 Å². The van der Waals surface area contributed by atoms with Crippen LogP contribution in [0.5, 0.6) is 0 Å². The zero-order valence-electron chi connectivity index (χ0n) is 37.5. The first kappa shape index (κ1) is 39.3. The number of para-hydroxylation sites is 2. The molecule has 7 heterocycles. The lowest BCUT2D eigenvalue weighted by molar-refractivity contribution is 0.954. The van der Waals surface area contributed by atoms with Crippen LogP contribution in [0.4, 0.5) is 0 Å². The average Bonchev–Trinajstić information content (AvgIpc) is 4.24. The summed E-state index contributed by atoms with van der Waals surface area (Å²) in [7, 11) is 0. The van der Waals surface area contributed by atoms with Crippen LogP contribution in [-0.2, 0) is 0 Å². The Kier molecular flexibility index (Phi) is 8.27. The fourth-order valence-corrected chi connectivity index (χ4v) is 14.3. The van der Waals surface area contributed by atoms with Gasteiger partial charge in [-0.15, -0.1) is 34.0 Å². The van der Waals surface area contributed by atoms with Crippen molar-refractivity contribution >= 4 is 138 Å². The van der Waals surface area contributed by atoms with Crippen LogP contribution in [0.1, 0.15) is 0 Å². The van der Waals surface area contributed by atoms with E-state index in [4.69, 9.17) is 19.9 Å². The zero-order valence-corrected chi connectivity index (χ0v) is 40.0. The molecule has 0 N–H and O–H groups in total. The zero-order chi connectivity index (χ0) is 46.3. The van der Waals surface area contributed by atoms with Gasteiger partial charge in [0.1, 0.15) is 5.82 Å². The van der Waals surface area contributed by atoms with Crippen molar-refractivity contribution in [1.29, 1.82) is 0 Å². The molecule has 0 fully saturated rings.